The SMILES string of the molecule is Cc1ccc(CN(CC(=O)NC(C)c2cccc(Br)c2)S(=O)(=O)c2c(C)cc(C)cc2C)cc1. The molecule has 34 heavy (non-hydrogen) atoms. The Morgan fingerprint density at radius 1 is 0.941 bits per heavy atom. The van der Waals surface area contributed by atoms with Crippen molar-refractivity contribution in [3.63, 3.8) is 0 Å². The molecule has 180 valence electrons. The minimum Gasteiger partial charge on any atom is -0.348 e. The minimum atomic E-state index is -3.92. The zero-order chi connectivity index (χ0) is 25.0. The van der Waals surface area contributed by atoms with Gasteiger partial charge in [0.15, 0.2) is 0 Å². The number of nitrogens with one attached hydrogen (secondary N) is 1. The van der Waals surface area contributed by atoms with Crippen molar-refractivity contribution in [1.82, 2.24) is 9.62 Å². The highest BCUT2D eigenvalue weighted by atomic mass is 79.9. The van der Waals surface area contributed by atoms with Crippen LogP contribution in [0.5, 0.6) is 0 Å². The molecule has 0 aliphatic heterocycles. The summed E-state index contributed by atoms with van der Waals surface area (Å²) in [5.41, 5.74) is 5.19. The van der Waals surface area contributed by atoms with Gasteiger partial charge < -0.3 is 5.32 Å². The molecule has 0 radical (unpaired) electrons. The Kier molecular flexibility index (Phi) is 8.34. The van der Waals surface area contributed by atoms with Gasteiger partial charge in [0.05, 0.1) is 17.5 Å². The summed E-state index contributed by atoms with van der Waals surface area (Å²) in [6, 6.07) is 18.8. The topological polar surface area (TPSA) is 66.5 Å². The van der Waals surface area contributed by atoms with Crippen molar-refractivity contribution >= 4 is 31.9 Å². The molecular formula is C27H31BrN2O3S. The van der Waals surface area contributed by atoms with Crippen LogP contribution in [0.15, 0.2) is 70.0 Å². The number of halogens is 1. The van der Waals surface area contributed by atoms with Gasteiger partial charge >= 0.3 is 0 Å². The van der Waals surface area contributed by atoms with Gasteiger partial charge in [0.2, 0.25) is 15.9 Å². The highest BCUT2D eigenvalue weighted by Gasteiger charge is 2.30. The van der Waals surface area contributed by atoms with Gasteiger partial charge in [-0.15, -0.1) is 0 Å². The predicted octanol–water partition coefficient (Wildman–Crippen LogP) is 5.75. The van der Waals surface area contributed by atoms with Crippen molar-refractivity contribution in [1.29, 1.82) is 0 Å². The lowest BCUT2D eigenvalue weighted by atomic mass is 10.1. The van der Waals surface area contributed by atoms with Crippen LogP contribution in [-0.2, 0) is 21.4 Å². The Labute approximate surface area is 211 Å². The van der Waals surface area contributed by atoms with Crippen LogP contribution in [-0.4, -0.2) is 25.2 Å². The molecule has 7 heteroatoms. The highest BCUT2D eigenvalue weighted by molar-refractivity contribution is 9.10. The van der Waals surface area contributed by atoms with Crippen LogP contribution in [0.2, 0.25) is 0 Å². The average molecular weight is 544 g/mol. The summed E-state index contributed by atoms with van der Waals surface area (Å²) in [5.74, 6) is -0.356. The maximum Gasteiger partial charge on any atom is 0.244 e. The van der Waals surface area contributed by atoms with Crippen LogP contribution in [0.4, 0.5) is 0 Å². The van der Waals surface area contributed by atoms with Gasteiger partial charge in [-0.05, 0) is 69.0 Å². The zero-order valence-electron chi connectivity index (χ0n) is 20.2. The minimum absolute atomic E-state index is 0.105. The Bertz CT molecular complexity index is 1260. The van der Waals surface area contributed by atoms with Gasteiger partial charge in [-0.1, -0.05) is 75.6 Å². The van der Waals surface area contributed by atoms with Crippen LogP contribution in [0, 0.1) is 27.7 Å². The van der Waals surface area contributed by atoms with E-state index in [1.165, 1.54) is 4.31 Å². The Hall–Kier alpha value is -2.48. The quantitative estimate of drug-likeness (QED) is 0.394. The van der Waals surface area contributed by atoms with Crippen LogP contribution >= 0.6 is 15.9 Å². The highest BCUT2D eigenvalue weighted by Crippen LogP contribution is 2.27. The molecule has 0 heterocycles. The van der Waals surface area contributed by atoms with Crippen LogP contribution in [0.25, 0.3) is 0 Å². The molecule has 3 rings (SSSR count). The van der Waals surface area contributed by atoms with E-state index in [4.69, 9.17) is 0 Å². The molecule has 0 saturated heterocycles. The first-order valence-electron chi connectivity index (χ1n) is 11.2. The second-order valence-electron chi connectivity index (χ2n) is 8.83. The lowest BCUT2D eigenvalue weighted by Gasteiger charge is -2.25. The van der Waals surface area contributed by atoms with E-state index in [0.717, 1.165) is 26.7 Å². The largest absolute Gasteiger partial charge is 0.348 e. The van der Waals surface area contributed by atoms with E-state index in [0.29, 0.717) is 11.1 Å². The van der Waals surface area contributed by atoms with E-state index in [1.807, 2.05) is 81.4 Å². The fourth-order valence-electron chi connectivity index (χ4n) is 4.13. The lowest BCUT2D eigenvalue weighted by Crippen LogP contribution is -2.41. The molecule has 0 bridgehead atoms. The molecule has 1 amide bonds. The lowest BCUT2D eigenvalue weighted by molar-refractivity contribution is -0.122. The van der Waals surface area contributed by atoms with Gasteiger partial charge in [-0.25, -0.2) is 8.42 Å². The Morgan fingerprint density at radius 2 is 1.56 bits per heavy atom. The molecular weight excluding hydrogens is 512 g/mol. The van der Waals surface area contributed by atoms with E-state index in [1.54, 1.807) is 13.8 Å². The molecule has 0 aliphatic carbocycles. The summed E-state index contributed by atoms with van der Waals surface area (Å²) in [6.07, 6.45) is 0. The predicted molar refractivity (Wildman–Crippen MR) is 140 cm³/mol. The molecule has 3 aromatic carbocycles. The molecule has 0 aliphatic rings. The number of sulfonamides is 1. The maximum absolute atomic E-state index is 13.8. The van der Waals surface area contributed by atoms with Gasteiger partial charge in [0, 0.05) is 11.0 Å². The monoisotopic (exact) mass is 542 g/mol. The molecule has 0 saturated carbocycles. The maximum atomic E-state index is 13.8. The van der Waals surface area contributed by atoms with Gasteiger partial charge in [-0.3, -0.25) is 4.79 Å². The number of carbonyl (C=O) groups is 1. The van der Waals surface area contributed by atoms with Gasteiger partial charge in [0.1, 0.15) is 0 Å². The first-order chi connectivity index (χ1) is 16.0. The van der Waals surface area contributed by atoms with Crippen molar-refractivity contribution in [2.45, 2.75) is 52.1 Å². The summed E-state index contributed by atoms with van der Waals surface area (Å²) in [4.78, 5) is 13.3. The summed E-state index contributed by atoms with van der Waals surface area (Å²) >= 11 is 3.45. The van der Waals surface area contributed by atoms with Gasteiger partial charge in [-0.2, -0.15) is 4.31 Å². The molecule has 0 spiro atoms. The third-order valence-electron chi connectivity index (χ3n) is 5.73. The van der Waals surface area contributed by atoms with E-state index in [2.05, 4.69) is 21.2 Å². The van der Waals surface area contributed by atoms with E-state index in [-0.39, 0.29) is 29.9 Å². The molecule has 1 atom stereocenters. The second kappa shape index (κ2) is 10.8. The van der Waals surface area contributed by atoms with E-state index >= 15 is 0 Å². The number of hydrogen-bond acceptors (Lipinski definition) is 3. The van der Waals surface area contributed by atoms with Crippen LogP contribution in [0.1, 0.15) is 46.3 Å². The number of carbonyl (C=O) groups excluding carboxylic acids is 1. The summed E-state index contributed by atoms with van der Waals surface area (Å²) in [7, 11) is -3.92. The van der Waals surface area contributed by atoms with Crippen LogP contribution in [0.3, 0.4) is 0 Å². The van der Waals surface area contributed by atoms with Crippen LogP contribution < -0.4 is 5.32 Å². The Balaban J connectivity index is 1.92. The third kappa shape index (κ3) is 6.34. The van der Waals surface area contributed by atoms with Gasteiger partial charge in [0.25, 0.3) is 0 Å². The zero-order valence-corrected chi connectivity index (χ0v) is 22.6. The fraction of sp³-hybridized carbons (Fsp3) is 0.296. The summed E-state index contributed by atoms with van der Waals surface area (Å²) in [6.45, 7) is 9.23. The van der Waals surface area contributed by atoms with Crippen molar-refractivity contribution in [3.05, 3.63) is 98.5 Å². The number of rotatable bonds is 8. The molecule has 0 aromatic heterocycles. The molecule has 3 aromatic rings. The second-order valence-corrected chi connectivity index (χ2v) is 11.6. The molecule has 1 unspecified atom stereocenters. The van der Waals surface area contributed by atoms with Crippen molar-refractivity contribution in [2.75, 3.05) is 6.54 Å². The van der Waals surface area contributed by atoms with E-state index in [9.17, 15) is 13.2 Å². The standard InChI is InChI=1S/C27H31BrN2O3S/c1-18-9-11-23(12-10-18)16-30(34(32,33)27-20(3)13-19(2)14-21(27)4)17-26(31)29-22(5)24-7-6-8-25(28)15-24/h6-15,22H,16-17H2,1-5H3,(H,29,31). The smallest absolute Gasteiger partial charge is 0.244 e. The third-order valence-corrected chi connectivity index (χ3v) is 8.32. The average Bonchev–Trinajstić information content (AvgIpc) is 2.73. The molecule has 5 nitrogen and oxygen atoms in total. The summed E-state index contributed by atoms with van der Waals surface area (Å²) < 4.78 is 29.9. The first kappa shape index (κ1) is 26.1. The normalized spacial score (nSPS) is 12.6. The molecule has 0 fully saturated rings. The molecule has 1 N–H and O–H groups in total. The van der Waals surface area contributed by atoms with Crippen molar-refractivity contribution in [2.24, 2.45) is 0 Å². The number of hydrogen-bond donors (Lipinski definition) is 1. The first-order valence-corrected chi connectivity index (χ1v) is 13.4. The fourth-order valence-corrected chi connectivity index (χ4v) is 6.35. The Morgan fingerprint density at radius 3 is 2.15 bits per heavy atom. The number of benzene rings is 3. The van der Waals surface area contributed by atoms with E-state index < -0.39 is 10.0 Å². The number of amides is 1. The van der Waals surface area contributed by atoms with Crippen molar-refractivity contribution < 1.29 is 13.2 Å². The number of nitrogens with zero attached hydrogens (tertiary/aromatic N) is 1. The number of aryl methyl sites for hydroxylation is 4. The van der Waals surface area contributed by atoms with Crippen molar-refractivity contribution in [3.8, 4) is 0 Å². The summed E-state index contributed by atoms with van der Waals surface area (Å²) in [5, 5.41) is 2.94.